The highest BCUT2D eigenvalue weighted by Gasteiger charge is 2.26. The minimum atomic E-state index is -0.0797. The first kappa shape index (κ1) is 19.9. The first-order valence-electron chi connectivity index (χ1n) is 10.3. The van der Waals surface area contributed by atoms with Gasteiger partial charge in [-0.25, -0.2) is 0 Å². The van der Waals surface area contributed by atoms with Crippen molar-refractivity contribution in [1.82, 2.24) is 29.9 Å². The Balaban J connectivity index is 1.32. The molecular weight excluding hydrogens is 428 g/mol. The normalized spacial score (nSPS) is 15.5. The number of rotatable bonds is 6. The van der Waals surface area contributed by atoms with Crippen molar-refractivity contribution in [3.05, 3.63) is 75.6 Å². The monoisotopic (exact) mass is 450 g/mol. The number of thiophene rings is 1. The van der Waals surface area contributed by atoms with Crippen molar-refractivity contribution in [2.75, 3.05) is 0 Å². The second kappa shape index (κ2) is 8.60. The van der Waals surface area contributed by atoms with Crippen LogP contribution in [-0.2, 0) is 24.3 Å². The molecule has 3 heterocycles. The highest BCUT2D eigenvalue weighted by Crippen LogP contribution is 2.30. The van der Waals surface area contributed by atoms with Crippen LogP contribution >= 0.6 is 23.6 Å². The van der Waals surface area contributed by atoms with E-state index in [-0.39, 0.29) is 18.5 Å². The summed E-state index contributed by atoms with van der Waals surface area (Å²) < 4.78 is 4.25. The zero-order valence-electron chi connectivity index (χ0n) is 16.8. The predicted octanol–water partition coefficient (Wildman–Crippen LogP) is 4.11. The molecule has 31 heavy (non-hydrogen) atoms. The fourth-order valence-corrected chi connectivity index (χ4v) is 5.02. The molecule has 0 saturated heterocycles. The van der Waals surface area contributed by atoms with E-state index in [1.54, 1.807) is 15.9 Å². The van der Waals surface area contributed by atoms with Crippen molar-refractivity contribution in [2.24, 2.45) is 0 Å². The Morgan fingerprint density at radius 2 is 2.13 bits per heavy atom. The number of carbonyl (C=O) groups excluding carboxylic acids is 1. The Kier molecular flexibility index (Phi) is 5.52. The molecular formula is C22H22N6OS2. The second-order valence-corrected chi connectivity index (χ2v) is 8.95. The van der Waals surface area contributed by atoms with Crippen LogP contribution in [0.2, 0.25) is 0 Å². The molecule has 5 rings (SSSR count). The van der Waals surface area contributed by atoms with Gasteiger partial charge >= 0.3 is 0 Å². The van der Waals surface area contributed by atoms with Crippen LogP contribution in [0.15, 0.2) is 54.0 Å². The van der Waals surface area contributed by atoms with E-state index in [0.717, 1.165) is 36.2 Å². The van der Waals surface area contributed by atoms with Gasteiger partial charge in [0.25, 0.3) is 0 Å². The molecule has 7 nitrogen and oxygen atoms in total. The summed E-state index contributed by atoms with van der Waals surface area (Å²) in [6.45, 7) is 0.873. The molecule has 0 fully saturated rings. The maximum absolute atomic E-state index is 12.9. The fraction of sp³-hybridized carbons (Fsp3) is 0.273. The van der Waals surface area contributed by atoms with E-state index >= 15 is 0 Å². The highest BCUT2D eigenvalue weighted by molar-refractivity contribution is 7.71. The molecule has 0 radical (unpaired) electrons. The molecule has 0 bridgehead atoms. The van der Waals surface area contributed by atoms with Crippen molar-refractivity contribution >= 4 is 29.5 Å². The van der Waals surface area contributed by atoms with Gasteiger partial charge in [-0.15, -0.1) is 11.3 Å². The van der Waals surface area contributed by atoms with Crippen LogP contribution < -0.4 is 5.32 Å². The Labute approximate surface area is 188 Å². The Morgan fingerprint density at radius 3 is 2.94 bits per heavy atom. The lowest BCUT2D eigenvalue weighted by molar-refractivity contribution is -0.122. The highest BCUT2D eigenvalue weighted by atomic mass is 32.1. The van der Waals surface area contributed by atoms with E-state index < -0.39 is 0 Å². The molecule has 0 unspecified atom stereocenters. The van der Waals surface area contributed by atoms with Gasteiger partial charge in [-0.2, -0.15) is 10.2 Å². The van der Waals surface area contributed by atoms with Gasteiger partial charge in [-0.05, 0) is 48.5 Å². The van der Waals surface area contributed by atoms with Crippen molar-refractivity contribution in [2.45, 2.75) is 38.4 Å². The van der Waals surface area contributed by atoms with Crippen LogP contribution in [0, 0.1) is 4.77 Å². The molecule has 158 valence electrons. The number of aromatic nitrogens is 5. The molecule has 0 saturated carbocycles. The molecule has 2 N–H and O–H groups in total. The maximum atomic E-state index is 12.9. The smallest absolute Gasteiger partial charge is 0.240 e. The van der Waals surface area contributed by atoms with E-state index in [4.69, 9.17) is 12.2 Å². The lowest BCUT2D eigenvalue weighted by Gasteiger charge is -2.24. The van der Waals surface area contributed by atoms with E-state index in [1.165, 1.54) is 11.3 Å². The minimum Gasteiger partial charge on any atom is -0.348 e. The third-order valence-corrected chi connectivity index (χ3v) is 6.75. The number of carbonyl (C=O) groups is 1. The molecule has 0 spiro atoms. The maximum Gasteiger partial charge on any atom is 0.240 e. The first-order valence-corrected chi connectivity index (χ1v) is 11.5. The second-order valence-electron chi connectivity index (χ2n) is 7.62. The van der Waals surface area contributed by atoms with Gasteiger partial charge in [-0.3, -0.25) is 19.1 Å². The number of nitrogens with one attached hydrogen (secondary N) is 2. The summed E-state index contributed by atoms with van der Waals surface area (Å²) in [5, 5.41) is 16.9. The van der Waals surface area contributed by atoms with Gasteiger partial charge in [-0.1, -0.05) is 36.4 Å². The van der Waals surface area contributed by atoms with Gasteiger partial charge < -0.3 is 5.32 Å². The molecule has 0 aliphatic heterocycles. The number of benzene rings is 1. The van der Waals surface area contributed by atoms with Crippen LogP contribution in [0.25, 0.3) is 10.7 Å². The Bertz CT molecular complexity index is 1240. The lowest BCUT2D eigenvalue weighted by atomic mass is 9.93. The third-order valence-electron chi connectivity index (χ3n) is 5.57. The van der Waals surface area contributed by atoms with Crippen molar-refractivity contribution in [3.63, 3.8) is 0 Å². The topological polar surface area (TPSA) is 80.5 Å². The summed E-state index contributed by atoms with van der Waals surface area (Å²) in [5.74, 6) is 0.610. The van der Waals surface area contributed by atoms with E-state index in [2.05, 4.69) is 37.4 Å². The van der Waals surface area contributed by atoms with Crippen LogP contribution in [0.5, 0.6) is 0 Å². The van der Waals surface area contributed by atoms with Gasteiger partial charge in [0, 0.05) is 11.3 Å². The van der Waals surface area contributed by atoms with Crippen LogP contribution in [-0.4, -0.2) is 30.5 Å². The number of fused-ring (bicyclic) bond motifs is 1. The molecule has 9 heteroatoms. The Hall–Kier alpha value is -3.04. The summed E-state index contributed by atoms with van der Waals surface area (Å²) in [7, 11) is 0. The van der Waals surface area contributed by atoms with Crippen molar-refractivity contribution in [3.8, 4) is 10.7 Å². The molecule has 4 aromatic rings. The van der Waals surface area contributed by atoms with E-state index in [0.29, 0.717) is 10.6 Å². The zero-order valence-corrected chi connectivity index (χ0v) is 18.5. The third kappa shape index (κ3) is 4.11. The number of amides is 1. The summed E-state index contributed by atoms with van der Waals surface area (Å²) in [5.41, 5.74) is 3.54. The van der Waals surface area contributed by atoms with E-state index in [9.17, 15) is 4.79 Å². The molecule has 3 aromatic heterocycles. The molecule has 1 atom stereocenters. The summed E-state index contributed by atoms with van der Waals surface area (Å²) in [4.78, 5) is 13.9. The molecule has 1 amide bonds. The van der Waals surface area contributed by atoms with Gasteiger partial charge in [0.15, 0.2) is 10.6 Å². The first-order chi connectivity index (χ1) is 15.2. The number of hydrogen-bond donors (Lipinski definition) is 2. The summed E-state index contributed by atoms with van der Waals surface area (Å²) in [6.07, 6.45) is 4.81. The lowest BCUT2D eigenvalue weighted by Crippen LogP contribution is -2.33. The van der Waals surface area contributed by atoms with Gasteiger partial charge in [0.2, 0.25) is 5.91 Å². The summed E-state index contributed by atoms with van der Waals surface area (Å²) >= 11 is 6.92. The number of aromatic amines is 1. The zero-order chi connectivity index (χ0) is 21.2. The van der Waals surface area contributed by atoms with Crippen molar-refractivity contribution in [1.29, 1.82) is 0 Å². The van der Waals surface area contributed by atoms with Gasteiger partial charge in [0.1, 0.15) is 6.54 Å². The predicted molar refractivity (Wildman–Crippen MR) is 122 cm³/mol. The standard InChI is InChI=1S/C22H22N6OS2/c29-20(14-27-21(25-26-22(27)30)19-10-5-11-31-19)24-17-8-4-9-18-16(17)12-23-28(18)13-15-6-2-1-3-7-15/h1-3,5-7,10-12,17H,4,8-9,13-14H2,(H,24,29)(H,26,30)/t17-/m1/s1. The minimum absolute atomic E-state index is 0.0352. The average molecular weight is 451 g/mol. The SMILES string of the molecule is O=C(Cn1c(-c2cccs2)n[nH]c1=S)N[C@@H]1CCCc2c1cnn2Cc1ccccc1. The van der Waals surface area contributed by atoms with Crippen LogP contribution in [0.4, 0.5) is 0 Å². The molecule has 1 aliphatic rings. The molecule has 1 aliphatic carbocycles. The summed E-state index contributed by atoms with van der Waals surface area (Å²) in [6, 6.07) is 14.2. The fourth-order valence-electron chi connectivity index (χ4n) is 4.10. The number of H-pyrrole nitrogens is 1. The van der Waals surface area contributed by atoms with Crippen LogP contribution in [0.3, 0.4) is 0 Å². The largest absolute Gasteiger partial charge is 0.348 e. The van der Waals surface area contributed by atoms with Crippen LogP contribution in [0.1, 0.15) is 35.7 Å². The quantitative estimate of drug-likeness (QED) is 0.433. The molecule has 1 aromatic carbocycles. The number of nitrogens with zero attached hydrogens (tertiary/aromatic N) is 4. The Morgan fingerprint density at radius 1 is 1.26 bits per heavy atom. The van der Waals surface area contributed by atoms with Gasteiger partial charge in [0.05, 0.1) is 23.7 Å². The number of hydrogen-bond acceptors (Lipinski definition) is 5. The van der Waals surface area contributed by atoms with E-state index in [1.807, 2.05) is 41.9 Å². The van der Waals surface area contributed by atoms with Crippen molar-refractivity contribution < 1.29 is 4.79 Å². The average Bonchev–Trinajstić information content (AvgIpc) is 3.51.